The lowest BCUT2D eigenvalue weighted by Crippen LogP contribution is -2.43. The average molecular weight is 272 g/mol. The first-order valence-electron chi connectivity index (χ1n) is 4.83. The number of amides is 2. The molecule has 0 aromatic carbocycles. The largest absolute Gasteiger partial charge is 0.480 e. The molecule has 96 valence electrons. The number of nitrogens with one attached hydrogen (secondary N) is 1. The number of nitrogens with zero attached hydrogens (tertiary/aromatic N) is 1. The molecule has 0 bridgehead atoms. The van der Waals surface area contributed by atoms with Gasteiger partial charge in [0.05, 0.1) is 12.0 Å². The highest BCUT2D eigenvalue weighted by molar-refractivity contribution is 6.29. The molecule has 1 aromatic heterocycles. The van der Waals surface area contributed by atoms with Gasteiger partial charge < -0.3 is 16.2 Å². The Kier molecular flexibility index (Phi) is 4.61. The quantitative estimate of drug-likeness (QED) is 0.640. The third-order valence-corrected chi connectivity index (χ3v) is 2.22. The molecule has 0 aliphatic rings. The molecule has 0 aliphatic carbocycles. The highest BCUT2D eigenvalue weighted by atomic mass is 35.5. The Morgan fingerprint density at radius 2 is 2.11 bits per heavy atom. The maximum atomic E-state index is 11.6. The lowest BCUT2D eigenvalue weighted by Gasteiger charge is -2.12. The number of aliphatic carboxylic acids is 1. The standard InChI is InChI=1S/C10H10ClN3O4/c11-7-2-1-5(4-13-7)9(16)14-6(10(17)18)3-8(12)15/h1-2,4,6H,3H2,(H2,12,15)(H,14,16)(H,17,18)/t6-/m1/s1. The van der Waals surface area contributed by atoms with E-state index in [2.05, 4.69) is 10.3 Å². The highest BCUT2D eigenvalue weighted by Crippen LogP contribution is 2.05. The minimum atomic E-state index is -1.37. The predicted molar refractivity (Wildman–Crippen MR) is 61.9 cm³/mol. The lowest BCUT2D eigenvalue weighted by atomic mass is 10.2. The smallest absolute Gasteiger partial charge is 0.326 e. The number of carbonyl (C=O) groups is 3. The van der Waals surface area contributed by atoms with E-state index in [1.807, 2.05) is 0 Å². The summed E-state index contributed by atoms with van der Waals surface area (Å²) in [6.07, 6.45) is 0.711. The molecule has 1 aromatic rings. The first kappa shape index (κ1) is 13.9. The fourth-order valence-corrected chi connectivity index (χ4v) is 1.26. The lowest BCUT2D eigenvalue weighted by molar-refractivity contribution is -0.140. The van der Waals surface area contributed by atoms with Gasteiger partial charge in [0.25, 0.3) is 5.91 Å². The number of carbonyl (C=O) groups excluding carboxylic acids is 2. The van der Waals surface area contributed by atoms with Gasteiger partial charge in [0, 0.05) is 6.20 Å². The minimum absolute atomic E-state index is 0.134. The fourth-order valence-electron chi connectivity index (χ4n) is 1.15. The van der Waals surface area contributed by atoms with E-state index >= 15 is 0 Å². The molecule has 2 amide bonds. The second-order valence-electron chi connectivity index (χ2n) is 3.40. The van der Waals surface area contributed by atoms with E-state index in [4.69, 9.17) is 22.4 Å². The zero-order valence-electron chi connectivity index (χ0n) is 9.09. The van der Waals surface area contributed by atoms with Crippen LogP contribution in [0.4, 0.5) is 0 Å². The van der Waals surface area contributed by atoms with Crippen LogP contribution in [0.5, 0.6) is 0 Å². The number of nitrogens with two attached hydrogens (primary N) is 1. The van der Waals surface area contributed by atoms with Gasteiger partial charge in [-0.1, -0.05) is 11.6 Å². The number of pyridine rings is 1. The number of hydrogen-bond acceptors (Lipinski definition) is 4. The van der Waals surface area contributed by atoms with Gasteiger partial charge in [-0.3, -0.25) is 9.59 Å². The Morgan fingerprint density at radius 3 is 2.56 bits per heavy atom. The van der Waals surface area contributed by atoms with E-state index in [9.17, 15) is 14.4 Å². The summed E-state index contributed by atoms with van der Waals surface area (Å²) in [6, 6.07) is 1.40. The summed E-state index contributed by atoms with van der Waals surface area (Å²) in [5.74, 6) is -2.84. The van der Waals surface area contributed by atoms with E-state index in [1.54, 1.807) is 0 Å². The molecule has 4 N–H and O–H groups in total. The van der Waals surface area contributed by atoms with E-state index in [0.29, 0.717) is 0 Å². The number of halogens is 1. The van der Waals surface area contributed by atoms with Crippen LogP contribution in [0.25, 0.3) is 0 Å². The Morgan fingerprint density at radius 1 is 1.44 bits per heavy atom. The van der Waals surface area contributed by atoms with Crippen LogP contribution >= 0.6 is 11.6 Å². The average Bonchev–Trinajstić information content (AvgIpc) is 2.28. The molecule has 1 rings (SSSR count). The van der Waals surface area contributed by atoms with E-state index in [1.165, 1.54) is 18.3 Å². The van der Waals surface area contributed by atoms with Gasteiger partial charge in [0.1, 0.15) is 11.2 Å². The number of carboxylic acid groups (broad SMARTS) is 1. The molecule has 0 saturated heterocycles. The molecule has 0 spiro atoms. The Balaban J connectivity index is 2.75. The minimum Gasteiger partial charge on any atom is -0.480 e. The Bertz CT molecular complexity index is 475. The summed E-state index contributed by atoms with van der Waals surface area (Å²) in [6.45, 7) is 0. The second-order valence-corrected chi connectivity index (χ2v) is 3.79. The van der Waals surface area contributed by atoms with Crippen LogP contribution in [0.1, 0.15) is 16.8 Å². The van der Waals surface area contributed by atoms with Gasteiger partial charge in [-0.15, -0.1) is 0 Å². The third kappa shape index (κ3) is 4.02. The number of primary amides is 1. The molecule has 1 heterocycles. The summed E-state index contributed by atoms with van der Waals surface area (Å²) in [4.78, 5) is 36.8. The summed E-state index contributed by atoms with van der Waals surface area (Å²) < 4.78 is 0. The molecule has 0 radical (unpaired) electrons. The van der Waals surface area contributed by atoms with Crippen molar-refractivity contribution in [1.82, 2.24) is 10.3 Å². The van der Waals surface area contributed by atoms with Crippen molar-refractivity contribution in [2.45, 2.75) is 12.5 Å². The first-order chi connectivity index (χ1) is 8.40. The number of carboxylic acids is 1. The topological polar surface area (TPSA) is 122 Å². The van der Waals surface area contributed by atoms with E-state index in [0.717, 1.165) is 0 Å². The van der Waals surface area contributed by atoms with Crippen molar-refractivity contribution in [3.05, 3.63) is 29.0 Å². The van der Waals surface area contributed by atoms with Gasteiger partial charge in [-0.25, -0.2) is 9.78 Å². The third-order valence-electron chi connectivity index (χ3n) is 2.00. The molecule has 8 heteroatoms. The zero-order valence-corrected chi connectivity index (χ0v) is 9.85. The van der Waals surface area contributed by atoms with Gasteiger partial charge in [-0.05, 0) is 12.1 Å². The molecule has 0 fully saturated rings. The predicted octanol–water partition coefficient (Wildman–Crippen LogP) is -0.207. The fraction of sp³-hybridized carbons (Fsp3) is 0.200. The van der Waals surface area contributed by atoms with Crippen molar-refractivity contribution in [1.29, 1.82) is 0 Å². The van der Waals surface area contributed by atoms with Crippen LogP contribution in [-0.2, 0) is 9.59 Å². The molecule has 7 nitrogen and oxygen atoms in total. The summed E-state index contributed by atoms with van der Waals surface area (Å²) in [7, 11) is 0. The van der Waals surface area contributed by atoms with Crippen LogP contribution in [0.15, 0.2) is 18.3 Å². The number of rotatable bonds is 5. The Labute approximate surface area is 107 Å². The number of aromatic nitrogens is 1. The summed E-state index contributed by atoms with van der Waals surface area (Å²) in [5.41, 5.74) is 5.02. The van der Waals surface area contributed by atoms with Crippen LogP contribution < -0.4 is 11.1 Å². The first-order valence-corrected chi connectivity index (χ1v) is 5.21. The molecular formula is C10H10ClN3O4. The SMILES string of the molecule is NC(=O)C[C@@H](NC(=O)c1ccc(Cl)nc1)C(=O)O. The monoisotopic (exact) mass is 271 g/mol. The molecular weight excluding hydrogens is 262 g/mol. The second kappa shape index (κ2) is 5.97. The molecule has 0 saturated carbocycles. The van der Waals surface area contributed by atoms with Crippen molar-refractivity contribution >= 4 is 29.4 Å². The van der Waals surface area contributed by atoms with Gasteiger partial charge in [0.15, 0.2) is 0 Å². The van der Waals surface area contributed by atoms with Gasteiger partial charge in [0.2, 0.25) is 5.91 Å². The van der Waals surface area contributed by atoms with Crippen LogP contribution in [-0.4, -0.2) is 33.9 Å². The Hall–Kier alpha value is -2.15. The van der Waals surface area contributed by atoms with Crippen LogP contribution in [0, 0.1) is 0 Å². The maximum Gasteiger partial charge on any atom is 0.326 e. The van der Waals surface area contributed by atoms with E-state index < -0.39 is 30.2 Å². The normalized spacial score (nSPS) is 11.6. The zero-order chi connectivity index (χ0) is 13.7. The maximum absolute atomic E-state index is 11.6. The molecule has 0 unspecified atom stereocenters. The van der Waals surface area contributed by atoms with Gasteiger partial charge in [-0.2, -0.15) is 0 Å². The van der Waals surface area contributed by atoms with Crippen molar-refractivity contribution < 1.29 is 19.5 Å². The highest BCUT2D eigenvalue weighted by Gasteiger charge is 2.22. The van der Waals surface area contributed by atoms with Crippen molar-refractivity contribution in [2.75, 3.05) is 0 Å². The molecule has 0 aliphatic heterocycles. The van der Waals surface area contributed by atoms with Crippen LogP contribution in [0.3, 0.4) is 0 Å². The van der Waals surface area contributed by atoms with Crippen LogP contribution in [0.2, 0.25) is 5.15 Å². The van der Waals surface area contributed by atoms with E-state index in [-0.39, 0.29) is 10.7 Å². The van der Waals surface area contributed by atoms with Crippen molar-refractivity contribution in [3.63, 3.8) is 0 Å². The van der Waals surface area contributed by atoms with Gasteiger partial charge >= 0.3 is 5.97 Å². The summed E-state index contributed by atoms with van der Waals surface area (Å²) in [5, 5.41) is 11.2. The molecule has 1 atom stereocenters. The molecule has 18 heavy (non-hydrogen) atoms. The van der Waals surface area contributed by atoms with Crippen molar-refractivity contribution in [2.24, 2.45) is 5.73 Å². The van der Waals surface area contributed by atoms with Crippen molar-refractivity contribution in [3.8, 4) is 0 Å². The number of hydrogen-bond donors (Lipinski definition) is 3. The summed E-state index contributed by atoms with van der Waals surface area (Å²) >= 11 is 5.54.